The number of nitrogens with zero attached hydrogens (tertiary/aromatic N) is 8. The van der Waals surface area contributed by atoms with Gasteiger partial charge in [0.05, 0.1) is 24.2 Å². The molecule has 3 aromatic heterocycles. The van der Waals surface area contributed by atoms with Crippen LogP contribution in [-0.4, -0.2) is 146 Å². The average Bonchev–Trinajstić information content (AvgIpc) is 3.89. The zero-order valence-corrected chi connectivity index (χ0v) is 30.3. The Balaban J connectivity index is 0.000000980. The molecule has 4 aromatic rings. The van der Waals surface area contributed by atoms with E-state index < -0.39 is 0 Å². The molecular formula is C36H46N8O8S. The van der Waals surface area contributed by atoms with E-state index in [4.69, 9.17) is 24.5 Å². The number of carbonyl (C=O) groups is 4. The zero-order valence-electron chi connectivity index (χ0n) is 29.5. The number of hydrogen-bond acceptors (Lipinski definition) is 12. The Bertz CT molecular complexity index is 1710. The van der Waals surface area contributed by atoms with E-state index in [2.05, 4.69) is 29.3 Å². The third-order valence-corrected chi connectivity index (χ3v) is 9.29. The molecule has 16 nitrogen and oxygen atoms in total. The molecule has 0 unspecified atom stereocenters. The highest BCUT2D eigenvalue weighted by Crippen LogP contribution is 2.25. The maximum atomic E-state index is 14.3. The van der Waals surface area contributed by atoms with Crippen LogP contribution in [0.15, 0.2) is 65.9 Å². The quantitative estimate of drug-likeness (QED) is 0.252. The molecule has 0 spiro atoms. The molecule has 5 heterocycles. The van der Waals surface area contributed by atoms with Crippen molar-refractivity contribution in [2.45, 2.75) is 25.8 Å². The number of rotatable bonds is 5. The molecule has 1 fully saturated rings. The number of amides is 2. The normalized spacial score (nSPS) is 15.6. The van der Waals surface area contributed by atoms with Gasteiger partial charge >= 0.3 is 0 Å². The van der Waals surface area contributed by atoms with Crippen molar-refractivity contribution < 1.29 is 39.2 Å². The minimum atomic E-state index is -0.250. The number of anilines is 1. The average molecular weight is 751 g/mol. The predicted molar refractivity (Wildman–Crippen MR) is 198 cm³/mol. The smallest absolute Gasteiger partial charge is 0.290 e. The first-order chi connectivity index (χ1) is 25.9. The van der Waals surface area contributed by atoms with Crippen LogP contribution in [0.2, 0.25) is 0 Å². The van der Waals surface area contributed by atoms with Crippen LogP contribution in [0, 0.1) is 0 Å². The van der Waals surface area contributed by atoms with E-state index in [0.29, 0.717) is 63.0 Å². The lowest BCUT2D eigenvalue weighted by molar-refractivity contribution is -0.123. The van der Waals surface area contributed by atoms with Crippen LogP contribution in [0.5, 0.6) is 5.75 Å². The van der Waals surface area contributed by atoms with Crippen LogP contribution in [0.3, 0.4) is 0 Å². The van der Waals surface area contributed by atoms with Crippen molar-refractivity contribution in [3.63, 3.8) is 0 Å². The minimum absolute atomic E-state index is 0.0360. The number of aromatic nitrogens is 4. The second-order valence-electron chi connectivity index (χ2n) is 12.0. The Kier molecular flexibility index (Phi) is 16.7. The van der Waals surface area contributed by atoms with Crippen molar-refractivity contribution in [2.75, 3.05) is 77.0 Å². The van der Waals surface area contributed by atoms with Crippen LogP contribution in [0.1, 0.15) is 40.1 Å². The lowest BCUT2D eigenvalue weighted by atomic mass is 10.1. The molecular weight excluding hydrogens is 705 g/mol. The first-order valence-electron chi connectivity index (χ1n) is 17.3. The number of carbonyl (C=O) groups excluding carboxylic acids is 2. The molecule has 17 heteroatoms. The fourth-order valence-corrected chi connectivity index (χ4v) is 6.73. The van der Waals surface area contributed by atoms with E-state index in [1.54, 1.807) is 28.2 Å². The Morgan fingerprint density at radius 2 is 1.53 bits per heavy atom. The molecule has 0 saturated carbocycles. The van der Waals surface area contributed by atoms with Crippen molar-refractivity contribution in [2.24, 2.45) is 0 Å². The van der Waals surface area contributed by atoms with E-state index in [-0.39, 0.29) is 31.4 Å². The molecule has 53 heavy (non-hydrogen) atoms. The van der Waals surface area contributed by atoms with Gasteiger partial charge in [-0.25, -0.2) is 15.0 Å². The first kappa shape index (κ1) is 40.4. The van der Waals surface area contributed by atoms with Gasteiger partial charge in [-0.1, -0.05) is 12.1 Å². The second-order valence-corrected chi connectivity index (χ2v) is 12.7. The molecule has 2 aliphatic rings. The van der Waals surface area contributed by atoms with Gasteiger partial charge in [0.15, 0.2) is 0 Å². The molecule has 2 aliphatic heterocycles. The second kappa shape index (κ2) is 21.9. The number of thiazole rings is 1. The maximum absolute atomic E-state index is 14.3. The first-order valence-corrected chi connectivity index (χ1v) is 18.3. The van der Waals surface area contributed by atoms with Crippen molar-refractivity contribution in [3.05, 3.63) is 77.1 Å². The van der Waals surface area contributed by atoms with Crippen LogP contribution in [0.4, 0.5) is 5.82 Å². The van der Waals surface area contributed by atoms with Gasteiger partial charge in [-0.3, -0.25) is 24.1 Å². The van der Waals surface area contributed by atoms with Crippen LogP contribution >= 0.6 is 11.3 Å². The number of ether oxygens (including phenoxy) is 1. The fraction of sp³-hybridized carbons (Fsp3) is 0.417. The summed E-state index contributed by atoms with van der Waals surface area (Å²) in [5.41, 5.74) is 3.66. The van der Waals surface area contributed by atoms with Crippen molar-refractivity contribution in [3.8, 4) is 17.1 Å². The minimum Gasteiger partial charge on any atom is -0.492 e. The Hall–Kier alpha value is -5.39. The molecule has 0 atom stereocenters. The van der Waals surface area contributed by atoms with Gasteiger partial charge in [0.25, 0.3) is 24.8 Å². The zero-order chi connectivity index (χ0) is 37.8. The summed E-state index contributed by atoms with van der Waals surface area (Å²) >= 11 is 1.40. The third kappa shape index (κ3) is 11.8. The maximum Gasteiger partial charge on any atom is 0.290 e. The van der Waals surface area contributed by atoms with Gasteiger partial charge in [-0.15, -0.1) is 11.3 Å². The number of pyridine rings is 1. The molecule has 1 aromatic carbocycles. The standard InChI is InChI=1S/C34H42N8O4S.2CH2O2/c43-22-20-38-16-18-40(19-17-38)32-29(8-4-9-35-32)33(44)41-11-1-2-12-42(34(45)30-25-47-26-37-30)21-23-46-28-7-3-6-27(24-28)31-36-10-15-39(31)13-5-14-41;2*2-1-3/h3-4,6-10,15,24-26,43H,1-2,5,11-14,16-23H2;2*1H,(H,2,3). The Labute approximate surface area is 311 Å². The highest BCUT2D eigenvalue weighted by molar-refractivity contribution is 7.07. The number of β-amino-alcohol motifs (C(OH)–C–C–N with tert-alkyl or cyclic N) is 1. The van der Waals surface area contributed by atoms with Gasteiger partial charge in [-0.05, 0) is 43.5 Å². The van der Waals surface area contributed by atoms with Gasteiger partial charge in [-0.2, -0.15) is 0 Å². The van der Waals surface area contributed by atoms with Crippen molar-refractivity contribution in [1.29, 1.82) is 0 Å². The van der Waals surface area contributed by atoms with E-state index in [1.165, 1.54) is 11.3 Å². The van der Waals surface area contributed by atoms with E-state index >= 15 is 0 Å². The summed E-state index contributed by atoms with van der Waals surface area (Å²) in [6.07, 6.45) is 7.73. The summed E-state index contributed by atoms with van der Waals surface area (Å²) in [4.78, 5) is 66.0. The van der Waals surface area contributed by atoms with Crippen LogP contribution < -0.4 is 9.64 Å². The number of hydrogen-bond donors (Lipinski definition) is 3. The third-order valence-electron chi connectivity index (χ3n) is 8.70. The summed E-state index contributed by atoms with van der Waals surface area (Å²) in [5.74, 6) is 2.12. The molecule has 0 aliphatic carbocycles. The van der Waals surface area contributed by atoms with E-state index in [1.807, 2.05) is 47.5 Å². The SMILES string of the molecule is O=C(c1cscn1)N1CCCCN(C(=O)c2cccnc2N2CCN(CCO)CC2)CCCn2ccnc2-c2cccc(c2)OCC1.O=CO.O=CO. The van der Waals surface area contributed by atoms with Crippen LogP contribution in [0.25, 0.3) is 11.4 Å². The van der Waals surface area contributed by atoms with Gasteiger partial charge in [0, 0.05) is 88.4 Å². The Morgan fingerprint density at radius 1 is 0.811 bits per heavy atom. The summed E-state index contributed by atoms with van der Waals surface area (Å²) in [6.45, 7) is 6.53. The lowest BCUT2D eigenvalue weighted by Crippen LogP contribution is -2.48. The van der Waals surface area contributed by atoms with Gasteiger partial charge < -0.3 is 39.3 Å². The predicted octanol–water partition coefficient (Wildman–Crippen LogP) is 2.77. The molecule has 3 N–H and O–H groups in total. The molecule has 1 saturated heterocycles. The number of carboxylic acid groups (broad SMARTS) is 2. The van der Waals surface area contributed by atoms with Crippen molar-refractivity contribution in [1.82, 2.24) is 34.2 Å². The molecule has 284 valence electrons. The highest BCUT2D eigenvalue weighted by Gasteiger charge is 2.26. The number of benzene rings is 1. The number of imidazole rings is 1. The van der Waals surface area contributed by atoms with E-state index in [0.717, 1.165) is 62.6 Å². The molecule has 2 amide bonds. The summed E-state index contributed by atoms with van der Waals surface area (Å²) in [7, 11) is 0. The number of piperazine rings is 1. The van der Waals surface area contributed by atoms with Crippen LogP contribution in [-0.2, 0) is 16.1 Å². The summed E-state index contributed by atoms with van der Waals surface area (Å²) < 4.78 is 8.23. The van der Waals surface area contributed by atoms with Gasteiger partial charge in [0.2, 0.25) is 0 Å². The van der Waals surface area contributed by atoms with E-state index in [9.17, 15) is 14.7 Å². The summed E-state index contributed by atoms with van der Waals surface area (Å²) in [6, 6.07) is 11.6. The topological polar surface area (TPSA) is 195 Å². The number of aliphatic hydroxyl groups excluding tert-OH is 1. The molecule has 6 rings (SSSR count). The Morgan fingerprint density at radius 3 is 2.23 bits per heavy atom. The molecule has 2 bridgehead atoms. The lowest BCUT2D eigenvalue weighted by Gasteiger charge is -2.36. The fourth-order valence-electron chi connectivity index (χ4n) is 6.21. The van der Waals surface area contributed by atoms with Gasteiger partial charge in [0.1, 0.15) is 29.7 Å². The largest absolute Gasteiger partial charge is 0.492 e. The highest BCUT2D eigenvalue weighted by atomic mass is 32.1. The monoisotopic (exact) mass is 750 g/mol. The summed E-state index contributed by atoms with van der Waals surface area (Å²) in [5, 5.41) is 24.9. The number of aliphatic hydroxyl groups is 1. The number of fused-ring (bicyclic) bond motifs is 4. The number of aryl methyl sites for hydroxylation is 1. The molecule has 0 radical (unpaired) electrons. The van der Waals surface area contributed by atoms with Crippen molar-refractivity contribution >= 4 is 41.9 Å².